The number of hydrogen-bond donors (Lipinski definition) is 1. The maximum atomic E-state index is 9.41. The highest BCUT2D eigenvalue weighted by molar-refractivity contribution is 5.27. The lowest BCUT2D eigenvalue weighted by molar-refractivity contribution is 0.474. The van der Waals surface area contributed by atoms with E-state index < -0.39 is 0 Å². The van der Waals surface area contributed by atoms with Gasteiger partial charge in [-0.15, -0.1) is 0 Å². The molecule has 2 rings (SSSR count). The molecule has 2 aromatic rings. The molecule has 96 valence electrons. The molecular weight excluding hydrogens is 226 g/mol. The van der Waals surface area contributed by atoms with Gasteiger partial charge in [-0.1, -0.05) is 25.5 Å². The zero-order valence-electron chi connectivity index (χ0n) is 10.7. The van der Waals surface area contributed by atoms with Gasteiger partial charge in [-0.05, 0) is 30.5 Å². The minimum Gasteiger partial charge on any atom is -0.508 e. The molecule has 0 bridgehead atoms. The van der Waals surface area contributed by atoms with Crippen molar-refractivity contribution in [2.24, 2.45) is 0 Å². The Morgan fingerprint density at radius 2 is 2.17 bits per heavy atom. The summed E-state index contributed by atoms with van der Waals surface area (Å²) in [4.78, 5) is 4.30. The number of nitrogens with zero attached hydrogens (tertiary/aromatic N) is 3. The third-order valence-corrected chi connectivity index (χ3v) is 2.97. The first-order valence-corrected chi connectivity index (χ1v) is 6.44. The lowest BCUT2D eigenvalue weighted by Crippen LogP contribution is -2.07. The Morgan fingerprint density at radius 1 is 1.28 bits per heavy atom. The van der Waals surface area contributed by atoms with Crippen LogP contribution in [0.5, 0.6) is 5.75 Å². The van der Waals surface area contributed by atoms with Crippen LogP contribution in [0, 0.1) is 0 Å². The molecule has 0 saturated carbocycles. The van der Waals surface area contributed by atoms with E-state index in [9.17, 15) is 5.11 Å². The number of rotatable bonds is 6. The monoisotopic (exact) mass is 245 g/mol. The summed E-state index contributed by atoms with van der Waals surface area (Å²) in [6.45, 7) is 3.11. The van der Waals surface area contributed by atoms with Gasteiger partial charge >= 0.3 is 0 Å². The fourth-order valence-corrected chi connectivity index (χ4v) is 1.94. The number of phenols is 1. The van der Waals surface area contributed by atoms with Crippen molar-refractivity contribution in [1.29, 1.82) is 0 Å². The zero-order valence-corrected chi connectivity index (χ0v) is 10.7. The average molecular weight is 245 g/mol. The number of aromatic nitrogens is 3. The van der Waals surface area contributed by atoms with Crippen molar-refractivity contribution in [1.82, 2.24) is 14.8 Å². The first-order chi connectivity index (χ1) is 8.79. The molecular formula is C14H19N3O. The molecule has 1 heterocycles. The van der Waals surface area contributed by atoms with Gasteiger partial charge in [0.1, 0.15) is 17.9 Å². The number of phenolic OH excluding ortho intramolecular Hbond substituents is 1. The Hall–Kier alpha value is -1.84. The maximum absolute atomic E-state index is 9.41. The highest BCUT2D eigenvalue weighted by Crippen LogP contribution is 2.13. The normalized spacial score (nSPS) is 10.7. The number of hydrogen-bond acceptors (Lipinski definition) is 3. The van der Waals surface area contributed by atoms with Gasteiger partial charge in [-0.2, -0.15) is 5.10 Å². The standard InChI is InChI=1S/C14H19N3O/c1-2-3-9-17-14(15-11-16-17)8-7-12-5-4-6-13(18)10-12/h4-6,10-11,18H,2-3,7-9H2,1H3. The maximum Gasteiger partial charge on any atom is 0.138 e. The molecule has 0 spiro atoms. The minimum absolute atomic E-state index is 0.319. The molecule has 0 aliphatic carbocycles. The number of unbranched alkanes of at least 4 members (excludes halogenated alkanes) is 1. The van der Waals surface area contributed by atoms with Crippen molar-refractivity contribution in [3.63, 3.8) is 0 Å². The summed E-state index contributed by atoms with van der Waals surface area (Å²) in [5.74, 6) is 1.34. The van der Waals surface area contributed by atoms with E-state index in [1.165, 1.54) is 0 Å². The third kappa shape index (κ3) is 3.32. The summed E-state index contributed by atoms with van der Waals surface area (Å²) in [6, 6.07) is 7.37. The Kier molecular flexibility index (Phi) is 4.34. The van der Waals surface area contributed by atoms with Crippen LogP contribution in [0.25, 0.3) is 0 Å². The minimum atomic E-state index is 0.319. The second-order valence-electron chi connectivity index (χ2n) is 4.42. The number of aromatic hydroxyl groups is 1. The van der Waals surface area contributed by atoms with Crippen LogP contribution < -0.4 is 0 Å². The van der Waals surface area contributed by atoms with Gasteiger partial charge in [0, 0.05) is 13.0 Å². The van der Waals surface area contributed by atoms with Gasteiger partial charge in [-0.3, -0.25) is 4.68 Å². The quantitative estimate of drug-likeness (QED) is 0.851. The van der Waals surface area contributed by atoms with Crippen LogP contribution in [0.2, 0.25) is 0 Å². The topological polar surface area (TPSA) is 50.9 Å². The summed E-state index contributed by atoms with van der Waals surface area (Å²) in [7, 11) is 0. The highest BCUT2D eigenvalue weighted by Gasteiger charge is 2.04. The van der Waals surface area contributed by atoms with Gasteiger partial charge in [0.25, 0.3) is 0 Å². The Labute approximate surface area is 107 Å². The van der Waals surface area contributed by atoms with Gasteiger partial charge in [0.15, 0.2) is 0 Å². The van der Waals surface area contributed by atoms with E-state index in [0.29, 0.717) is 5.75 Å². The molecule has 4 heteroatoms. The molecule has 18 heavy (non-hydrogen) atoms. The van der Waals surface area contributed by atoms with Crippen LogP contribution in [0.15, 0.2) is 30.6 Å². The fourth-order valence-electron chi connectivity index (χ4n) is 1.94. The van der Waals surface area contributed by atoms with Gasteiger partial charge < -0.3 is 5.11 Å². The Balaban J connectivity index is 1.95. The summed E-state index contributed by atoms with van der Waals surface area (Å²) in [6.07, 6.45) is 5.63. The fraction of sp³-hybridized carbons (Fsp3) is 0.429. The smallest absolute Gasteiger partial charge is 0.138 e. The molecule has 0 amide bonds. The van der Waals surface area contributed by atoms with Crippen LogP contribution in [0.1, 0.15) is 31.2 Å². The van der Waals surface area contributed by atoms with Gasteiger partial charge in [0.2, 0.25) is 0 Å². The van der Waals surface area contributed by atoms with Crippen molar-refractivity contribution < 1.29 is 5.11 Å². The summed E-state index contributed by atoms with van der Waals surface area (Å²) in [5, 5.41) is 13.6. The van der Waals surface area contributed by atoms with Crippen LogP contribution in [0.3, 0.4) is 0 Å². The molecule has 4 nitrogen and oxygen atoms in total. The van der Waals surface area contributed by atoms with E-state index in [0.717, 1.165) is 43.6 Å². The van der Waals surface area contributed by atoms with E-state index in [1.54, 1.807) is 18.5 Å². The van der Waals surface area contributed by atoms with Gasteiger partial charge in [-0.25, -0.2) is 4.98 Å². The van der Waals surface area contributed by atoms with Crippen molar-refractivity contribution in [3.05, 3.63) is 42.0 Å². The first-order valence-electron chi connectivity index (χ1n) is 6.44. The molecule has 1 aromatic carbocycles. The van der Waals surface area contributed by atoms with Crippen LogP contribution >= 0.6 is 0 Å². The largest absolute Gasteiger partial charge is 0.508 e. The van der Waals surface area contributed by atoms with Crippen LogP contribution in [-0.2, 0) is 19.4 Å². The lowest BCUT2D eigenvalue weighted by atomic mass is 10.1. The lowest BCUT2D eigenvalue weighted by Gasteiger charge is -2.05. The molecule has 1 aromatic heterocycles. The van der Waals surface area contributed by atoms with Crippen molar-refractivity contribution in [2.45, 2.75) is 39.2 Å². The SMILES string of the molecule is CCCCn1ncnc1CCc1cccc(O)c1. The predicted molar refractivity (Wildman–Crippen MR) is 70.4 cm³/mol. The molecule has 0 aliphatic heterocycles. The van der Waals surface area contributed by atoms with Crippen molar-refractivity contribution >= 4 is 0 Å². The number of aryl methyl sites for hydroxylation is 3. The summed E-state index contributed by atoms with van der Waals surface area (Å²) in [5.41, 5.74) is 1.13. The Morgan fingerprint density at radius 3 is 2.94 bits per heavy atom. The molecule has 0 atom stereocenters. The summed E-state index contributed by atoms with van der Waals surface area (Å²) < 4.78 is 1.98. The van der Waals surface area contributed by atoms with Crippen molar-refractivity contribution in [2.75, 3.05) is 0 Å². The second kappa shape index (κ2) is 6.19. The molecule has 0 saturated heterocycles. The van der Waals surface area contributed by atoms with E-state index in [1.807, 2.05) is 16.8 Å². The average Bonchev–Trinajstić information content (AvgIpc) is 2.81. The van der Waals surface area contributed by atoms with Gasteiger partial charge in [0.05, 0.1) is 0 Å². The second-order valence-corrected chi connectivity index (χ2v) is 4.42. The van der Waals surface area contributed by atoms with E-state index in [-0.39, 0.29) is 0 Å². The van der Waals surface area contributed by atoms with Crippen LogP contribution in [0.4, 0.5) is 0 Å². The Bertz CT molecular complexity index is 493. The molecule has 0 radical (unpaired) electrons. The summed E-state index contributed by atoms with van der Waals surface area (Å²) >= 11 is 0. The van der Waals surface area contributed by atoms with Crippen molar-refractivity contribution in [3.8, 4) is 5.75 Å². The molecule has 0 fully saturated rings. The van der Waals surface area contributed by atoms with E-state index >= 15 is 0 Å². The van der Waals surface area contributed by atoms with E-state index in [4.69, 9.17) is 0 Å². The zero-order chi connectivity index (χ0) is 12.8. The molecule has 0 unspecified atom stereocenters. The first kappa shape index (κ1) is 12.6. The molecule has 0 aliphatic rings. The predicted octanol–water partition coefficient (Wildman–Crippen LogP) is 2.57. The highest BCUT2D eigenvalue weighted by atomic mass is 16.3. The van der Waals surface area contributed by atoms with Crippen LogP contribution in [-0.4, -0.2) is 19.9 Å². The third-order valence-electron chi connectivity index (χ3n) is 2.97. The molecule has 1 N–H and O–H groups in total. The van der Waals surface area contributed by atoms with E-state index in [2.05, 4.69) is 17.0 Å². The number of benzene rings is 1.